The average molecular weight is 337 g/mol. The lowest BCUT2D eigenvalue weighted by atomic mass is 9.81. The highest BCUT2D eigenvalue weighted by molar-refractivity contribution is 5.76. The molecule has 134 valence electrons. The van der Waals surface area contributed by atoms with E-state index in [-0.39, 0.29) is 12.0 Å². The Hall–Kier alpha value is -1.47. The van der Waals surface area contributed by atoms with Crippen molar-refractivity contribution in [2.75, 3.05) is 19.7 Å². The maximum atomic E-state index is 11.7. The second-order valence-corrected chi connectivity index (χ2v) is 7.64. The summed E-state index contributed by atoms with van der Waals surface area (Å²) in [5.74, 6) is 1.12. The van der Waals surface area contributed by atoms with Crippen molar-refractivity contribution in [3.8, 4) is 0 Å². The van der Waals surface area contributed by atoms with Crippen LogP contribution in [0, 0.1) is 17.3 Å². The fraction of sp³-hybridized carbons (Fsp3) is 0.824. The van der Waals surface area contributed by atoms with Crippen LogP contribution in [0.4, 0.5) is 0 Å². The van der Waals surface area contributed by atoms with Crippen molar-refractivity contribution in [3.63, 3.8) is 0 Å². The van der Waals surface area contributed by atoms with Gasteiger partial charge in [-0.15, -0.1) is 0 Å². The first-order chi connectivity index (χ1) is 11.4. The number of carboxylic acid groups (broad SMARTS) is 1. The van der Waals surface area contributed by atoms with Crippen LogP contribution >= 0.6 is 0 Å². The lowest BCUT2D eigenvalue weighted by Crippen LogP contribution is -2.35. The van der Waals surface area contributed by atoms with Crippen molar-refractivity contribution in [1.82, 2.24) is 15.0 Å². The minimum atomic E-state index is -0.658. The zero-order chi connectivity index (χ0) is 17.3. The molecule has 1 aromatic heterocycles. The SMILES string of the molecule is CC(C)COC(C)c1noc(CN2C[C@@H]3CCC[C@@]3(C(=O)O)C2)n1. The molecule has 2 aliphatic rings. The summed E-state index contributed by atoms with van der Waals surface area (Å²) < 4.78 is 11.0. The summed E-state index contributed by atoms with van der Waals surface area (Å²) in [5, 5.41) is 13.7. The van der Waals surface area contributed by atoms with Crippen molar-refractivity contribution in [2.45, 2.75) is 52.7 Å². The zero-order valence-electron chi connectivity index (χ0n) is 14.7. The van der Waals surface area contributed by atoms with Gasteiger partial charge in [0, 0.05) is 19.7 Å². The molecule has 0 aromatic carbocycles. The molecule has 1 aromatic rings. The normalized spacial score (nSPS) is 28.4. The Labute approximate surface area is 142 Å². The molecule has 3 atom stereocenters. The molecule has 7 heteroatoms. The Balaban J connectivity index is 1.59. The smallest absolute Gasteiger partial charge is 0.311 e. The predicted octanol–water partition coefficient (Wildman–Crippen LogP) is 2.49. The third-order valence-corrected chi connectivity index (χ3v) is 5.25. The maximum Gasteiger partial charge on any atom is 0.311 e. The maximum absolute atomic E-state index is 11.7. The topological polar surface area (TPSA) is 88.7 Å². The molecule has 24 heavy (non-hydrogen) atoms. The Morgan fingerprint density at radius 2 is 2.29 bits per heavy atom. The van der Waals surface area contributed by atoms with Crippen molar-refractivity contribution >= 4 is 5.97 Å². The van der Waals surface area contributed by atoms with Crippen LogP contribution in [-0.2, 0) is 16.1 Å². The Morgan fingerprint density at radius 1 is 1.50 bits per heavy atom. The molecule has 1 unspecified atom stereocenters. The minimum Gasteiger partial charge on any atom is -0.481 e. The molecule has 2 heterocycles. The summed E-state index contributed by atoms with van der Waals surface area (Å²) >= 11 is 0. The Kier molecular flexibility index (Phi) is 4.92. The van der Waals surface area contributed by atoms with Gasteiger partial charge in [-0.25, -0.2) is 0 Å². The van der Waals surface area contributed by atoms with Gasteiger partial charge in [-0.1, -0.05) is 25.4 Å². The molecule has 1 aliphatic carbocycles. The number of nitrogens with zero attached hydrogens (tertiary/aromatic N) is 3. The van der Waals surface area contributed by atoms with Crippen LogP contribution in [0.25, 0.3) is 0 Å². The molecule has 1 N–H and O–H groups in total. The van der Waals surface area contributed by atoms with Crippen LogP contribution in [0.2, 0.25) is 0 Å². The molecule has 0 radical (unpaired) electrons. The number of hydrogen-bond donors (Lipinski definition) is 1. The number of fused-ring (bicyclic) bond motifs is 1. The number of carboxylic acids is 1. The van der Waals surface area contributed by atoms with E-state index in [1.165, 1.54) is 0 Å². The third-order valence-electron chi connectivity index (χ3n) is 5.25. The van der Waals surface area contributed by atoms with Gasteiger partial charge in [0.1, 0.15) is 6.10 Å². The van der Waals surface area contributed by atoms with Gasteiger partial charge in [-0.2, -0.15) is 4.98 Å². The van der Waals surface area contributed by atoms with E-state index in [1.807, 2.05) is 6.92 Å². The number of likely N-dealkylation sites (tertiary alicyclic amines) is 1. The second-order valence-electron chi connectivity index (χ2n) is 7.64. The Morgan fingerprint density at radius 3 is 2.96 bits per heavy atom. The standard InChI is InChI=1S/C17H27N3O4/c1-11(2)9-23-12(3)15-18-14(24-19-15)8-20-7-13-5-4-6-17(13,10-20)16(21)22/h11-13H,4-10H2,1-3H3,(H,21,22)/t12?,13-,17+/m0/s1. The molecule has 7 nitrogen and oxygen atoms in total. The highest BCUT2D eigenvalue weighted by Crippen LogP contribution is 2.49. The molecular formula is C17H27N3O4. The number of aromatic nitrogens is 2. The summed E-state index contributed by atoms with van der Waals surface area (Å²) in [4.78, 5) is 18.3. The number of rotatable bonds is 7. The monoisotopic (exact) mass is 337 g/mol. The number of carbonyl (C=O) groups is 1. The van der Waals surface area contributed by atoms with E-state index in [4.69, 9.17) is 9.26 Å². The lowest BCUT2D eigenvalue weighted by Gasteiger charge is -2.23. The molecule has 3 rings (SSSR count). The first-order valence-electron chi connectivity index (χ1n) is 8.80. The first-order valence-corrected chi connectivity index (χ1v) is 8.80. The average Bonchev–Trinajstić information content (AvgIpc) is 3.19. The van der Waals surface area contributed by atoms with Crippen LogP contribution in [0.1, 0.15) is 57.9 Å². The zero-order valence-corrected chi connectivity index (χ0v) is 14.7. The second kappa shape index (κ2) is 6.80. The van der Waals surface area contributed by atoms with Crippen LogP contribution in [-0.4, -0.2) is 45.8 Å². The van der Waals surface area contributed by atoms with E-state index >= 15 is 0 Å². The van der Waals surface area contributed by atoms with Crippen molar-refractivity contribution in [2.24, 2.45) is 17.3 Å². The van der Waals surface area contributed by atoms with E-state index in [9.17, 15) is 9.90 Å². The van der Waals surface area contributed by atoms with E-state index in [0.29, 0.717) is 37.3 Å². The van der Waals surface area contributed by atoms with Crippen LogP contribution in [0.5, 0.6) is 0 Å². The van der Waals surface area contributed by atoms with Gasteiger partial charge in [0.05, 0.1) is 12.0 Å². The predicted molar refractivity (Wildman–Crippen MR) is 86.2 cm³/mol. The molecular weight excluding hydrogens is 310 g/mol. The van der Waals surface area contributed by atoms with Gasteiger partial charge in [0.15, 0.2) is 5.82 Å². The number of aliphatic carboxylic acids is 1. The lowest BCUT2D eigenvalue weighted by molar-refractivity contribution is -0.149. The molecule has 1 saturated heterocycles. The fourth-order valence-electron chi connectivity index (χ4n) is 3.96. The summed E-state index contributed by atoms with van der Waals surface area (Å²) in [6, 6.07) is 0. The van der Waals surface area contributed by atoms with E-state index < -0.39 is 11.4 Å². The van der Waals surface area contributed by atoms with Crippen LogP contribution in [0.3, 0.4) is 0 Å². The summed E-state index contributed by atoms with van der Waals surface area (Å²) in [6.07, 6.45) is 2.59. The van der Waals surface area contributed by atoms with Crippen molar-refractivity contribution < 1.29 is 19.2 Å². The first kappa shape index (κ1) is 17.4. The van der Waals surface area contributed by atoms with Crippen molar-refractivity contribution in [1.29, 1.82) is 0 Å². The van der Waals surface area contributed by atoms with Crippen molar-refractivity contribution in [3.05, 3.63) is 11.7 Å². The van der Waals surface area contributed by atoms with Crippen LogP contribution in [0.15, 0.2) is 4.52 Å². The van der Waals surface area contributed by atoms with E-state index in [2.05, 4.69) is 28.9 Å². The molecule has 1 saturated carbocycles. The minimum absolute atomic E-state index is 0.201. The fourth-order valence-corrected chi connectivity index (χ4v) is 3.96. The molecule has 0 spiro atoms. The van der Waals surface area contributed by atoms with E-state index in [0.717, 1.165) is 25.8 Å². The largest absolute Gasteiger partial charge is 0.481 e. The highest BCUT2D eigenvalue weighted by atomic mass is 16.5. The molecule has 0 amide bonds. The van der Waals surface area contributed by atoms with Gasteiger partial charge in [0.2, 0.25) is 5.89 Å². The van der Waals surface area contributed by atoms with Gasteiger partial charge < -0.3 is 14.4 Å². The van der Waals surface area contributed by atoms with Gasteiger partial charge in [-0.3, -0.25) is 9.69 Å². The summed E-state index contributed by atoms with van der Waals surface area (Å²) in [5.41, 5.74) is -0.573. The number of ether oxygens (including phenoxy) is 1. The molecule has 0 bridgehead atoms. The van der Waals surface area contributed by atoms with Gasteiger partial charge in [-0.05, 0) is 31.6 Å². The highest BCUT2D eigenvalue weighted by Gasteiger charge is 2.54. The van der Waals surface area contributed by atoms with Gasteiger partial charge >= 0.3 is 5.97 Å². The summed E-state index contributed by atoms with van der Waals surface area (Å²) in [6.45, 7) is 8.63. The van der Waals surface area contributed by atoms with Crippen LogP contribution < -0.4 is 0 Å². The van der Waals surface area contributed by atoms with E-state index in [1.54, 1.807) is 0 Å². The quantitative estimate of drug-likeness (QED) is 0.817. The van der Waals surface area contributed by atoms with Gasteiger partial charge in [0.25, 0.3) is 0 Å². The molecule has 1 aliphatic heterocycles. The Bertz CT molecular complexity index is 588. The number of hydrogen-bond acceptors (Lipinski definition) is 6. The third kappa shape index (κ3) is 3.32. The molecule has 2 fully saturated rings. The summed E-state index contributed by atoms with van der Waals surface area (Å²) in [7, 11) is 0.